The summed E-state index contributed by atoms with van der Waals surface area (Å²) in [6.07, 6.45) is 1.92. The van der Waals surface area contributed by atoms with Gasteiger partial charge in [-0.2, -0.15) is 0 Å². The van der Waals surface area contributed by atoms with E-state index in [0.29, 0.717) is 13.1 Å². The Morgan fingerprint density at radius 2 is 1.83 bits per heavy atom. The molecule has 0 atom stereocenters. The number of carbonyl (C=O) groups is 2. The third-order valence-electron chi connectivity index (χ3n) is 5.34. The predicted octanol–water partition coefficient (Wildman–Crippen LogP) is 4.84. The molecule has 0 spiro atoms. The fraction of sp³-hybridized carbons (Fsp3) is 0.478. The minimum atomic E-state index is -0.668. The molecule has 0 radical (unpaired) electrons. The Labute approximate surface area is 182 Å². The highest BCUT2D eigenvalue weighted by Crippen LogP contribution is 2.32. The second kappa shape index (κ2) is 9.31. The molecule has 1 aromatic carbocycles. The molecule has 1 heterocycles. The zero-order chi connectivity index (χ0) is 21.0. The van der Waals surface area contributed by atoms with Gasteiger partial charge in [0.05, 0.1) is 12.0 Å². The molecule has 1 aliphatic carbocycles. The van der Waals surface area contributed by atoms with E-state index < -0.39 is 5.41 Å². The first-order valence-corrected chi connectivity index (χ1v) is 11.4. The summed E-state index contributed by atoms with van der Waals surface area (Å²) in [5, 5.41) is 2.05. The normalized spacial score (nSPS) is 13.9. The van der Waals surface area contributed by atoms with Gasteiger partial charge in [0.2, 0.25) is 11.8 Å². The fourth-order valence-electron chi connectivity index (χ4n) is 3.22. The van der Waals surface area contributed by atoms with Crippen molar-refractivity contribution in [3.63, 3.8) is 0 Å². The Kier molecular flexibility index (Phi) is 7.01. The van der Waals surface area contributed by atoms with E-state index in [1.807, 2.05) is 49.1 Å². The number of nitrogens with zero attached hydrogens (tertiary/aromatic N) is 2. The van der Waals surface area contributed by atoms with E-state index in [2.05, 4.69) is 18.4 Å². The van der Waals surface area contributed by atoms with Crippen LogP contribution in [0.1, 0.15) is 42.7 Å². The Morgan fingerprint density at radius 1 is 1.14 bits per heavy atom. The maximum absolute atomic E-state index is 13.4. The van der Waals surface area contributed by atoms with Crippen LogP contribution in [0, 0.1) is 12.3 Å². The van der Waals surface area contributed by atoms with Gasteiger partial charge in [-0.1, -0.05) is 30.3 Å². The highest BCUT2D eigenvalue weighted by atomic mass is 35.5. The van der Waals surface area contributed by atoms with Crippen LogP contribution < -0.4 is 0 Å². The zero-order valence-corrected chi connectivity index (χ0v) is 18.9. The second-order valence-corrected chi connectivity index (χ2v) is 9.71. The lowest BCUT2D eigenvalue weighted by molar-refractivity contribution is -0.146. The maximum atomic E-state index is 13.4. The van der Waals surface area contributed by atoms with Gasteiger partial charge in [0.15, 0.2) is 0 Å². The Bertz CT molecular complexity index is 846. The molecular weight excluding hydrogens is 404 g/mol. The molecule has 1 aliphatic rings. The maximum Gasteiger partial charge on any atom is 0.242 e. The minimum absolute atomic E-state index is 0.0210. The van der Waals surface area contributed by atoms with E-state index in [-0.39, 0.29) is 30.3 Å². The van der Waals surface area contributed by atoms with Crippen molar-refractivity contribution in [2.45, 2.75) is 52.7 Å². The van der Waals surface area contributed by atoms with Crippen molar-refractivity contribution < 1.29 is 9.59 Å². The van der Waals surface area contributed by atoms with Gasteiger partial charge < -0.3 is 9.80 Å². The van der Waals surface area contributed by atoms with Crippen LogP contribution in [0.15, 0.2) is 41.8 Å². The average molecular weight is 433 g/mol. The molecule has 4 nitrogen and oxygen atoms in total. The van der Waals surface area contributed by atoms with E-state index in [1.165, 1.54) is 10.4 Å². The molecule has 1 fully saturated rings. The average Bonchev–Trinajstić information content (AvgIpc) is 3.48. The summed E-state index contributed by atoms with van der Waals surface area (Å²) in [5.41, 5.74) is 1.61. The van der Waals surface area contributed by atoms with Crippen molar-refractivity contribution in [3.8, 4) is 0 Å². The van der Waals surface area contributed by atoms with Crippen LogP contribution in [0.25, 0.3) is 0 Å². The standard InChI is InChI=1S/C23H29ClN2O2S/c1-17-11-12-29-20(17)14-25(13-18-7-5-4-6-8-18)21(27)15-26(19-9-10-19)22(28)23(2,3)16-24/h4-8,11-12,19H,9-10,13-16H2,1-3H3. The van der Waals surface area contributed by atoms with Crippen LogP contribution in [0.5, 0.6) is 0 Å². The number of hydrogen-bond donors (Lipinski definition) is 0. The van der Waals surface area contributed by atoms with Gasteiger partial charge in [-0.05, 0) is 56.2 Å². The summed E-state index contributed by atoms with van der Waals surface area (Å²) in [4.78, 5) is 31.2. The molecule has 0 saturated heterocycles. The van der Waals surface area contributed by atoms with Gasteiger partial charge in [0.1, 0.15) is 6.54 Å². The molecule has 1 aromatic heterocycles. The van der Waals surface area contributed by atoms with Crippen molar-refractivity contribution in [3.05, 3.63) is 57.8 Å². The summed E-state index contributed by atoms with van der Waals surface area (Å²) in [7, 11) is 0. The largest absolute Gasteiger partial charge is 0.332 e. The van der Waals surface area contributed by atoms with Crippen molar-refractivity contribution in [1.29, 1.82) is 0 Å². The van der Waals surface area contributed by atoms with Gasteiger partial charge in [0, 0.05) is 23.3 Å². The monoisotopic (exact) mass is 432 g/mol. The summed E-state index contributed by atoms with van der Waals surface area (Å²) < 4.78 is 0. The lowest BCUT2D eigenvalue weighted by Gasteiger charge is -2.32. The van der Waals surface area contributed by atoms with Crippen LogP contribution in [0.2, 0.25) is 0 Å². The fourth-order valence-corrected chi connectivity index (χ4v) is 4.26. The van der Waals surface area contributed by atoms with Crippen molar-refractivity contribution >= 4 is 34.8 Å². The number of benzene rings is 1. The number of alkyl halides is 1. The van der Waals surface area contributed by atoms with Gasteiger partial charge in [0.25, 0.3) is 0 Å². The molecule has 29 heavy (non-hydrogen) atoms. The van der Waals surface area contributed by atoms with Crippen LogP contribution >= 0.6 is 22.9 Å². The van der Waals surface area contributed by atoms with E-state index >= 15 is 0 Å². The van der Waals surface area contributed by atoms with E-state index in [4.69, 9.17) is 11.6 Å². The zero-order valence-electron chi connectivity index (χ0n) is 17.4. The van der Waals surface area contributed by atoms with Gasteiger partial charge in [-0.3, -0.25) is 9.59 Å². The van der Waals surface area contributed by atoms with Gasteiger partial charge in [-0.15, -0.1) is 22.9 Å². The lowest BCUT2D eigenvalue weighted by Crippen LogP contribution is -2.48. The molecule has 0 unspecified atom stereocenters. The first-order valence-electron chi connectivity index (χ1n) is 10.0. The number of aryl methyl sites for hydroxylation is 1. The molecule has 156 valence electrons. The SMILES string of the molecule is Cc1ccsc1CN(Cc1ccccc1)C(=O)CN(C(=O)C(C)(C)CCl)C1CC1. The molecule has 0 aliphatic heterocycles. The smallest absolute Gasteiger partial charge is 0.242 e. The van der Waals surface area contributed by atoms with Crippen molar-refractivity contribution in [2.24, 2.45) is 5.41 Å². The summed E-state index contributed by atoms with van der Waals surface area (Å²) in [6, 6.07) is 12.2. The third-order valence-corrected chi connectivity index (χ3v) is 7.01. The van der Waals surface area contributed by atoms with Crippen molar-refractivity contribution in [1.82, 2.24) is 9.80 Å². The topological polar surface area (TPSA) is 40.6 Å². The molecule has 1 saturated carbocycles. The van der Waals surface area contributed by atoms with E-state index in [1.54, 1.807) is 16.2 Å². The van der Waals surface area contributed by atoms with Gasteiger partial charge in [-0.25, -0.2) is 0 Å². The Hall–Kier alpha value is -1.85. The van der Waals surface area contributed by atoms with Gasteiger partial charge >= 0.3 is 0 Å². The molecule has 0 N–H and O–H groups in total. The molecule has 2 amide bonds. The first kappa shape index (κ1) is 21.8. The van der Waals surface area contributed by atoms with Crippen molar-refractivity contribution in [2.75, 3.05) is 12.4 Å². The van der Waals surface area contributed by atoms with E-state index in [9.17, 15) is 9.59 Å². The minimum Gasteiger partial charge on any atom is -0.332 e. The Morgan fingerprint density at radius 3 is 2.38 bits per heavy atom. The van der Waals surface area contributed by atoms with Crippen LogP contribution in [-0.4, -0.2) is 40.1 Å². The molecule has 2 aromatic rings. The van der Waals surface area contributed by atoms with Crippen LogP contribution in [0.4, 0.5) is 0 Å². The molecular formula is C23H29ClN2O2S. The number of thiophene rings is 1. The summed E-state index contributed by atoms with van der Waals surface area (Å²) >= 11 is 7.70. The summed E-state index contributed by atoms with van der Waals surface area (Å²) in [6.45, 7) is 6.96. The molecule has 6 heteroatoms. The Balaban J connectivity index is 1.79. The lowest BCUT2D eigenvalue weighted by atomic mass is 9.94. The van der Waals surface area contributed by atoms with E-state index in [0.717, 1.165) is 18.4 Å². The van der Waals surface area contributed by atoms with Crippen LogP contribution in [-0.2, 0) is 22.7 Å². The highest BCUT2D eigenvalue weighted by Gasteiger charge is 2.40. The number of carbonyl (C=O) groups excluding carboxylic acids is 2. The number of amides is 2. The number of rotatable bonds is 9. The molecule has 0 bridgehead atoms. The van der Waals surface area contributed by atoms with Crippen LogP contribution in [0.3, 0.4) is 0 Å². The summed E-state index contributed by atoms with van der Waals surface area (Å²) in [5.74, 6) is 0.188. The number of hydrogen-bond acceptors (Lipinski definition) is 3. The number of halogens is 1. The first-order chi connectivity index (χ1) is 13.8. The molecule has 3 rings (SSSR count). The quantitative estimate of drug-likeness (QED) is 0.532. The highest BCUT2D eigenvalue weighted by molar-refractivity contribution is 7.10. The second-order valence-electron chi connectivity index (χ2n) is 8.44. The third kappa shape index (κ3) is 5.61. The predicted molar refractivity (Wildman–Crippen MR) is 119 cm³/mol.